The van der Waals surface area contributed by atoms with Gasteiger partial charge in [-0.3, -0.25) is 9.59 Å². The second-order valence-electron chi connectivity index (χ2n) is 6.82. The molecule has 3 rings (SSSR count). The molecule has 2 aromatic rings. The molecule has 0 spiro atoms. The van der Waals surface area contributed by atoms with Crippen molar-refractivity contribution in [1.29, 1.82) is 0 Å². The van der Waals surface area contributed by atoms with Gasteiger partial charge >= 0.3 is 0 Å². The Morgan fingerprint density at radius 3 is 2.26 bits per heavy atom. The predicted octanol–water partition coefficient (Wildman–Crippen LogP) is 2.90. The number of piperidine rings is 1. The van der Waals surface area contributed by atoms with Crippen LogP contribution in [0.25, 0.3) is 0 Å². The average molecular weight is 388 g/mol. The van der Waals surface area contributed by atoms with Gasteiger partial charge in [-0.25, -0.2) is 0 Å². The van der Waals surface area contributed by atoms with Gasteiger partial charge in [0.15, 0.2) is 0 Å². The Morgan fingerprint density at radius 2 is 1.63 bits per heavy atom. The number of rotatable bonds is 5. The van der Waals surface area contributed by atoms with Gasteiger partial charge in [0.25, 0.3) is 5.91 Å². The lowest BCUT2D eigenvalue weighted by Gasteiger charge is -2.32. The Labute approximate surface area is 166 Å². The standard InChI is InChI=1S/C21H25N3O2.ClH/c22-19-8-6-18(7-9-19)21(26)23-15-20(25)24-12-10-17(11-13-24)14-16-4-2-1-3-5-16;/h1-9,17H,10-15,22H2,(H,23,26);1H. The molecule has 27 heavy (non-hydrogen) atoms. The van der Waals surface area contributed by atoms with Crippen molar-refractivity contribution in [2.75, 3.05) is 25.4 Å². The zero-order valence-electron chi connectivity index (χ0n) is 15.3. The molecular weight excluding hydrogens is 362 g/mol. The lowest BCUT2D eigenvalue weighted by molar-refractivity contribution is -0.131. The quantitative estimate of drug-likeness (QED) is 0.774. The van der Waals surface area contributed by atoms with Crippen LogP contribution in [0.3, 0.4) is 0 Å². The molecule has 0 aliphatic carbocycles. The summed E-state index contributed by atoms with van der Waals surface area (Å²) in [7, 11) is 0. The number of hydrogen-bond donors (Lipinski definition) is 2. The first-order chi connectivity index (χ1) is 12.6. The monoisotopic (exact) mass is 387 g/mol. The zero-order chi connectivity index (χ0) is 18.4. The highest BCUT2D eigenvalue weighted by molar-refractivity contribution is 5.96. The van der Waals surface area contributed by atoms with Gasteiger partial charge in [0.05, 0.1) is 6.54 Å². The highest BCUT2D eigenvalue weighted by Gasteiger charge is 2.23. The number of nitrogens with one attached hydrogen (secondary N) is 1. The van der Waals surface area contributed by atoms with Crippen LogP contribution in [0.2, 0.25) is 0 Å². The number of anilines is 1. The molecule has 6 heteroatoms. The first-order valence-corrected chi connectivity index (χ1v) is 9.07. The van der Waals surface area contributed by atoms with E-state index in [1.807, 2.05) is 11.0 Å². The number of hydrogen-bond acceptors (Lipinski definition) is 3. The van der Waals surface area contributed by atoms with Crippen LogP contribution in [0.5, 0.6) is 0 Å². The number of benzene rings is 2. The number of nitrogen functional groups attached to an aromatic ring is 1. The van der Waals surface area contributed by atoms with E-state index in [2.05, 4.69) is 29.6 Å². The van der Waals surface area contributed by atoms with Gasteiger partial charge in [0.1, 0.15) is 0 Å². The minimum atomic E-state index is -0.252. The van der Waals surface area contributed by atoms with Gasteiger partial charge in [-0.05, 0) is 55.0 Å². The molecular formula is C21H26ClN3O2. The van der Waals surface area contributed by atoms with E-state index < -0.39 is 0 Å². The van der Waals surface area contributed by atoms with Crippen LogP contribution < -0.4 is 11.1 Å². The number of nitrogens with zero attached hydrogens (tertiary/aromatic N) is 1. The van der Waals surface area contributed by atoms with E-state index in [9.17, 15) is 9.59 Å². The lowest BCUT2D eigenvalue weighted by atomic mass is 9.90. The van der Waals surface area contributed by atoms with E-state index >= 15 is 0 Å². The van der Waals surface area contributed by atoms with Crippen LogP contribution in [-0.2, 0) is 11.2 Å². The fraction of sp³-hybridized carbons (Fsp3) is 0.333. The largest absolute Gasteiger partial charge is 0.399 e. The molecule has 0 saturated carbocycles. The van der Waals surface area contributed by atoms with Crippen LogP contribution in [-0.4, -0.2) is 36.3 Å². The van der Waals surface area contributed by atoms with Crippen molar-refractivity contribution in [3.05, 3.63) is 65.7 Å². The van der Waals surface area contributed by atoms with E-state index in [4.69, 9.17) is 5.73 Å². The van der Waals surface area contributed by atoms with E-state index in [0.29, 0.717) is 17.2 Å². The van der Waals surface area contributed by atoms with E-state index in [1.165, 1.54) is 5.56 Å². The highest BCUT2D eigenvalue weighted by atomic mass is 35.5. The number of likely N-dealkylation sites (tertiary alicyclic amines) is 1. The fourth-order valence-electron chi connectivity index (χ4n) is 3.34. The van der Waals surface area contributed by atoms with E-state index in [0.717, 1.165) is 32.4 Å². The summed E-state index contributed by atoms with van der Waals surface area (Å²) in [6.45, 7) is 1.55. The fourth-order valence-corrected chi connectivity index (χ4v) is 3.34. The summed E-state index contributed by atoms with van der Waals surface area (Å²) < 4.78 is 0. The Hall–Kier alpha value is -2.53. The van der Waals surface area contributed by atoms with Crippen molar-refractivity contribution in [3.8, 4) is 0 Å². The van der Waals surface area contributed by atoms with Crippen molar-refractivity contribution < 1.29 is 9.59 Å². The molecule has 0 aromatic heterocycles. The highest BCUT2D eigenvalue weighted by Crippen LogP contribution is 2.21. The molecule has 1 aliphatic rings. The number of nitrogens with two attached hydrogens (primary N) is 1. The third kappa shape index (κ3) is 6.00. The smallest absolute Gasteiger partial charge is 0.251 e. The third-order valence-electron chi connectivity index (χ3n) is 4.91. The first kappa shape index (κ1) is 20.8. The molecule has 144 valence electrons. The lowest BCUT2D eigenvalue weighted by Crippen LogP contribution is -2.44. The van der Waals surface area contributed by atoms with Gasteiger partial charge < -0.3 is 16.0 Å². The molecule has 2 aromatic carbocycles. The molecule has 2 amide bonds. The molecule has 0 atom stereocenters. The van der Waals surface area contributed by atoms with Gasteiger partial charge in [0, 0.05) is 24.3 Å². The zero-order valence-corrected chi connectivity index (χ0v) is 16.1. The maximum absolute atomic E-state index is 12.3. The van der Waals surface area contributed by atoms with Crippen LogP contribution in [0.15, 0.2) is 54.6 Å². The van der Waals surface area contributed by atoms with E-state index in [1.54, 1.807) is 24.3 Å². The Bertz CT molecular complexity index is 742. The maximum atomic E-state index is 12.3. The molecule has 0 radical (unpaired) electrons. The SMILES string of the molecule is Cl.Nc1ccc(C(=O)NCC(=O)N2CCC(Cc3ccccc3)CC2)cc1. The van der Waals surface area contributed by atoms with Crippen LogP contribution in [0.1, 0.15) is 28.8 Å². The summed E-state index contributed by atoms with van der Waals surface area (Å²) in [6.07, 6.45) is 3.08. The summed E-state index contributed by atoms with van der Waals surface area (Å²) in [5, 5.41) is 2.70. The minimum absolute atomic E-state index is 0. The summed E-state index contributed by atoms with van der Waals surface area (Å²) in [5.41, 5.74) is 8.08. The van der Waals surface area contributed by atoms with Gasteiger partial charge in [-0.15, -0.1) is 12.4 Å². The van der Waals surface area contributed by atoms with Crippen LogP contribution in [0.4, 0.5) is 5.69 Å². The summed E-state index contributed by atoms with van der Waals surface area (Å²) in [4.78, 5) is 26.3. The second-order valence-corrected chi connectivity index (χ2v) is 6.82. The normalized spacial score (nSPS) is 14.3. The molecule has 1 saturated heterocycles. The summed E-state index contributed by atoms with van der Waals surface area (Å²) in [6, 6.07) is 17.1. The summed E-state index contributed by atoms with van der Waals surface area (Å²) in [5.74, 6) is 0.343. The number of carbonyl (C=O) groups excluding carboxylic acids is 2. The maximum Gasteiger partial charge on any atom is 0.251 e. The van der Waals surface area contributed by atoms with Crippen LogP contribution >= 0.6 is 12.4 Å². The third-order valence-corrected chi connectivity index (χ3v) is 4.91. The van der Waals surface area contributed by atoms with Crippen molar-refractivity contribution in [3.63, 3.8) is 0 Å². The Balaban J connectivity index is 0.00000261. The van der Waals surface area contributed by atoms with E-state index in [-0.39, 0.29) is 30.8 Å². The molecule has 3 N–H and O–H groups in total. The molecule has 1 heterocycles. The van der Waals surface area contributed by atoms with Crippen molar-refractivity contribution in [2.45, 2.75) is 19.3 Å². The second kappa shape index (κ2) is 9.97. The number of carbonyl (C=O) groups is 2. The average Bonchev–Trinajstić information content (AvgIpc) is 2.68. The van der Waals surface area contributed by atoms with Crippen LogP contribution in [0, 0.1) is 5.92 Å². The molecule has 0 unspecified atom stereocenters. The van der Waals surface area contributed by atoms with Crippen molar-refractivity contribution >= 4 is 29.9 Å². The minimum Gasteiger partial charge on any atom is -0.399 e. The Morgan fingerprint density at radius 1 is 1.00 bits per heavy atom. The molecule has 0 bridgehead atoms. The molecule has 1 aliphatic heterocycles. The summed E-state index contributed by atoms with van der Waals surface area (Å²) >= 11 is 0. The van der Waals surface area contributed by atoms with Gasteiger partial charge in [0.2, 0.25) is 5.91 Å². The number of amides is 2. The van der Waals surface area contributed by atoms with Crippen molar-refractivity contribution in [2.24, 2.45) is 5.92 Å². The number of halogens is 1. The predicted molar refractivity (Wildman–Crippen MR) is 110 cm³/mol. The first-order valence-electron chi connectivity index (χ1n) is 9.07. The molecule has 5 nitrogen and oxygen atoms in total. The van der Waals surface area contributed by atoms with Gasteiger partial charge in [-0.2, -0.15) is 0 Å². The Kier molecular flexibility index (Phi) is 7.67. The molecule has 1 fully saturated rings. The van der Waals surface area contributed by atoms with Crippen molar-refractivity contribution in [1.82, 2.24) is 10.2 Å². The van der Waals surface area contributed by atoms with Gasteiger partial charge in [-0.1, -0.05) is 30.3 Å². The topological polar surface area (TPSA) is 75.4 Å².